The van der Waals surface area contributed by atoms with Crippen LogP contribution in [0.15, 0.2) is 34.7 Å². The number of thiazole rings is 1. The van der Waals surface area contributed by atoms with E-state index >= 15 is 0 Å². The van der Waals surface area contributed by atoms with Crippen LogP contribution < -0.4 is 25.5 Å². The molecular formula is C19H18N4O5S. The van der Waals surface area contributed by atoms with Crippen LogP contribution in [0.5, 0.6) is 11.5 Å². The van der Waals surface area contributed by atoms with Gasteiger partial charge >= 0.3 is 0 Å². The van der Waals surface area contributed by atoms with E-state index in [1.54, 1.807) is 28.3 Å². The van der Waals surface area contributed by atoms with E-state index in [4.69, 9.17) is 9.47 Å². The maximum absolute atomic E-state index is 13.0. The van der Waals surface area contributed by atoms with E-state index in [1.165, 1.54) is 24.5 Å². The first kappa shape index (κ1) is 18.9. The number of benzene rings is 1. The number of nitrogens with one attached hydrogen (secondary N) is 2. The summed E-state index contributed by atoms with van der Waals surface area (Å²) in [5.74, 6) is -0.0263. The normalized spacial score (nSPS) is 13.3. The number of pyridine rings is 1. The highest BCUT2D eigenvalue weighted by molar-refractivity contribution is 7.13. The predicted octanol–water partition coefficient (Wildman–Crippen LogP) is 1.96. The first-order valence-electron chi connectivity index (χ1n) is 8.96. The van der Waals surface area contributed by atoms with E-state index in [1.807, 2.05) is 6.92 Å². The van der Waals surface area contributed by atoms with Crippen LogP contribution in [0.2, 0.25) is 0 Å². The van der Waals surface area contributed by atoms with E-state index in [2.05, 4.69) is 15.6 Å². The van der Waals surface area contributed by atoms with E-state index in [0.29, 0.717) is 34.1 Å². The Hall–Kier alpha value is -3.40. The van der Waals surface area contributed by atoms with E-state index < -0.39 is 23.3 Å². The van der Waals surface area contributed by atoms with Gasteiger partial charge < -0.3 is 24.7 Å². The highest BCUT2D eigenvalue weighted by Gasteiger charge is 2.23. The topological polar surface area (TPSA) is 112 Å². The predicted molar refractivity (Wildman–Crippen MR) is 108 cm³/mol. The fourth-order valence-corrected chi connectivity index (χ4v) is 3.57. The Kier molecular flexibility index (Phi) is 4.93. The Balaban J connectivity index is 1.63. The van der Waals surface area contributed by atoms with Crippen LogP contribution in [0.4, 0.5) is 5.13 Å². The Morgan fingerprint density at radius 3 is 2.76 bits per heavy atom. The molecule has 0 spiro atoms. The molecule has 0 fully saturated rings. The number of carbonyl (C=O) groups excluding carboxylic acids is 2. The molecule has 3 heterocycles. The maximum Gasteiger partial charge on any atom is 0.257 e. The summed E-state index contributed by atoms with van der Waals surface area (Å²) in [4.78, 5) is 41.9. The molecule has 10 heteroatoms. The minimum atomic E-state index is -0.853. The lowest BCUT2D eigenvalue weighted by atomic mass is 10.1. The molecule has 1 unspecified atom stereocenters. The van der Waals surface area contributed by atoms with Gasteiger partial charge in [0.2, 0.25) is 18.1 Å². The summed E-state index contributed by atoms with van der Waals surface area (Å²) < 4.78 is 12.5. The molecule has 29 heavy (non-hydrogen) atoms. The molecule has 0 bridgehead atoms. The van der Waals surface area contributed by atoms with Crippen molar-refractivity contribution < 1.29 is 19.1 Å². The van der Waals surface area contributed by atoms with E-state index in [0.717, 1.165) is 0 Å². The number of aromatic nitrogens is 2. The number of nitrogens with zero attached hydrogens (tertiary/aromatic N) is 2. The molecule has 0 radical (unpaired) electrons. The molecule has 0 aliphatic carbocycles. The lowest BCUT2D eigenvalue weighted by Crippen LogP contribution is -2.43. The molecule has 1 aliphatic heterocycles. The smallest absolute Gasteiger partial charge is 0.257 e. The highest BCUT2D eigenvalue weighted by Crippen LogP contribution is 2.35. The fourth-order valence-electron chi connectivity index (χ4n) is 3.04. The molecule has 1 aromatic carbocycles. The molecule has 2 N–H and O–H groups in total. The van der Waals surface area contributed by atoms with Crippen LogP contribution in [0.1, 0.15) is 24.2 Å². The number of anilines is 1. The SMILES string of the molecule is CCn1cc(C(=O)NC(C)C(=O)Nc2nccs2)c(=O)c2cc3c(cc21)OCO3. The van der Waals surface area contributed by atoms with Crippen LogP contribution in [0.3, 0.4) is 0 Å². The number of hydrogen-bond donors (Lipinski definition) is 2. The zero-order valence-electron chi connectivity index (χ0n) is 15.7. The molecule has 1 atom stereocenters. The Morgan fingerprint density at radius 2 is 2.07 bits per heavy atom. The third-order valence-corrected chi connectivity index (χ3v) is 5.25. The van der Waals surface area contributed by atoms with Crippen molar-refractivity contribution in [1.82, 2.24) is 14.9 Å². The zero-order valence-corrected chi connectivity index (χ0v) is 16.5. The van der Waals surface area contributed by atoms with Crippen molar-refractivity contribution in [1.29, 1.82) is 0 Å². The van der Waals surface area contributed by atoms with Crippen molar-refractivity contribution in [3.8, 4) is 11.5 Å². The average Bonchev–Trinajstić information content (AvgIpc) is 3.38. The summed E-state index contributed by atoms with van der Waals surface area (Å²) in [6.07, 6.45) is 3.06. The molecule has 3 aromatic rings. The summed E-state index contributed by atoms with van der Waals surface area (Å²) in [7, 11) is 0. The molecule has 9 nitrogen and oxygen atoms in total. The van der Waals surface area contributed by atoms with Gasteiger partial charge in [-0.1, -0.05) is 0 Å². The minimum absolute atomic E-state index is 0.0490. The first-order valence-corrected chi connectivity index (χ1v) is 9.84. The number of carbonyl (C=O) groups is 2. The van der Waals surface area contributed by atoms with E-state index in [9.17, 15) is 14.4 Å². The second-order valence-electron chi connectivity index (χ2n) is 6.40. The maximum atomic E-state index is 13.0. The van der Waals surface area contributed by atoms with Crippen LogP contribution >= 0.6 is 11.3 Å². The number of rotatable bonds is 5. The van der Waals surface area contributed by atoms with Crippen molar-refractivity contribution in [2.24, 2.45) is 0 Å². The van der Waals surface area contributed by atoms with Crippen LogP contribution in [0.25, 0.3) is 10.9 Å². The number of hydrogen-bond acceptors (Lipinski definition) is 7. The van der Waals surface area contributed by atoms with Gasteiger partial charge in [-0.25, -0.2) is 4.98 Å². The summed E-state index contributed by atoms with van der Waals surface area (Å²) in [5, 5.41) is 7.70. The van der Waals surface area contributed by atoms with Gasteiger partial charge in [-0.2, -0.15) is 0 Å². The van der Waals surface area contributed by atoms with Crippen molar-refractivity contribution >= 4 is 39.2 Å². The largest absolute Gasteiger partial charge is 0.454 e. The van der Waals surface area contributed by atoms with Crippen molar-refractivity contribution in [2.45, 2.75) is 26.4 Å². The summed E-state index contributed by atoms with van der Waals surface area (Å²) >= 11 is 1.27. The van der Waals surface area contributed by atoms with Gasteiger partial charge in [0, 0.05) is 30.4 Å². The third kappa shape index (κ3) is 3.54. The zero-order chi connectivity index (χ0) is 20.5. The van der Waals surface area contributed by atoms with Crippen LogP contribution in [0, 0.1) is 0 Å². The van der Waals surface area contributed by atoms with Gasteiger partial charge in [0.25, 0.3) is 5.91 Å². The second kappa shape index (κ2) is 7.55. The first-order chi connectivity index (χ1) is 14.0. The standard InChI is InChI=1S/C19H18N4O5S/c1-3-23-8-12(16(24)11-6-14-15(7-13(11)23)28-9-27-14)18(26)21-10(2)17(25)22-19-20-4-5-29-19/h4-8,10H,3,9H2,1-2H3,(H,21,26)(H,20,22,25). The van der Waals surface area contributed by atoms with Gasteiger partial charge in [-0.3, -0.25) is 14.4 Å². The number of amides is 2. The Morgan fingerprint density at radius 1 is 1.31 bits per heavy atom. The fraction of sp³-hybridized carbons (Fsp3) is 0.263. The highest BCUT2D eigenvalue weighted by atomic mass is 32.1. The lowest BCUT2D eigenvalue weighted by Gasteiger charge is -2.15. The molecule has 0 saturated carbocycles. The minimum Gasteiger partial charge on any atom is -0.454 e. The summed E-state index contributed by atoms with van der Waals surface area (Å²) in [6.45, 7) is 4.07. The Bertz CT molecular complexity index is 1160. The van der Waals surface area contributed by atoms with Crippen LogP contribution in [-0.4, -0.2) is 34.2 Å². The summed E-state index contributed by atoms with van der Waals surface area (Å²) in [6, 6.07) is 2.46. The number of fused-ring (bicyclic) bond motifs is 2. The monoisotopic (exact) mass is 414 g/mol. The average molecular weight is 414 g/mol. The number of aryl methyl sites for hydroxylation is 1. The number of ether oxygens (including phenoxy) is 2. The molecular weight excluding hydrogens is 396 g/mol. The molecule has 4 rings (SSSR count). The van der Waals surface area contributed by atoms with Gasteiger partial charge in [0.05, 0.1) is 10.9 Å². The van der Waals surface area contributed by atoms with Crippen molar-refractivity contribution in [2.75, 3.05) is 12.1 Å². The summed E-state index contributed by atoms with van der Waals surface area (Å²) in [5.41, 5.74) is 0.160. The molecule has 2 amide bonds. The molecule has 150 valence electrons. The van der Waals surface area contributed by atoms with Gasteiger partial charge in [-0.05, 0) is 19.9 Å². The third-order valence-electron chi connectivity index (χ3n) is 4.56. The van der Waals surface area contributed by atoms with Crippen LogP contribution in [-0.2, 0) is 11.3 Å². The van der Waals surface area contributed by atoms with Crippen molar-refractivity contribution in [3.05, 3.63) is 45.7 Å². The van der Waals surface area contributed by atoms with E-state index in [-0.39, 0.29) is 12.4 Å². The van der Waals surface area contributed by atoms with Crippen molar-refractivity contribution in [3.63, 3.8) is 0 Å². The second-order valence-corrected chi connectivity index (χ2v) is 7.30. The van der Waals surface area contributed by atoms with Gasteiger partial charge in [0.1, 0.15) is 11.6 Å². The molecule has 1 aliphatic rings. The van der Waals surface area contributed by atoms with Gasteiger partial charge in [0.15, 0.2) is 16.6 Å². The quantitative estimate of drug-likeness (QED) is 0.660. The Labute approximate surface area is 169 Å². The van der Waals surface area contributed by atoms with Gasteiger partial charge in [-0.15, -0.1) is 11.3 Å². The lowest BCUT2D eigenvalue weighted by molar-refractivity contribution is -0.117. The molecule has 2 aromatic heterocycles. The molecule has 0 saturated heterocycles.